The third-order valence-electron chi connectivity index (χ3n) is 1.81. The summed E-state index contributed by atoms with van der Waals surface area (Å²) in [6.07, 6.45) is -1.00. The van der Waals surface area contributed by atoms with Gasteiger partial charge in [0.05, 0.1) is 0 Å². The average molecular weight is 194 g/mol. The molecule has 14 heavy (non-hydrogen) atoms. The first-order valence-corrected chi connectivity index (χ1v) is 4.41. The number of amides is 1. The predicted molar refractivity (Wildman–Crippen MR) is 54.6 cm³/mol. The van der Waals surface area contributed by atoms with Crippen molar-refractivity contribution < 1.29 is 9.90 Å². The fraction of sp³-hybridized carbons (Fsp3) is 0.300. The molecule has 0 spiro atoms. The van der Waals surface area contributed by atoms with Gasteiger partial charge in [-0.15, -0.1) is 0 Å². The van der Waals surface area contributed by atoms with Crippen LogP contribution in [0.1, 0.15) is 12.5 Å². The van der Waals surface area contributed by atoms with Gasteiger partial charge in [0.2, 0.25) is 0 Å². The van der Waals surface area contributed by atoms with E-state index in [-0.39, 0.29) is 0 Å². The van der Waals surface area contributed by atoms with Crippen molar-refractivity contribution >= 4 is 11.6 Å². The minimum atomic E-state index is -1.00. The molecule has 1 aromatic carbocycles. The number of hydrogen-bond donors (Lipinski definition) is 3. The maximum absolute atomic E-state index is 11.1. The Morgan fingerprint density at radius 1 is 1.64 bits per heavy atom. The summed E-state index contributed by atoms with van der Waals surface area (Å²) in [6.45, 7) is 1.85. The third-order valence-corrected chi connectivity index (χ3v) is 1.81. The highest BCUT2D eigenvalue weighted by Gasteiger charge is 2.08. The molecular weight excluding hydrogens is 180 g/mol. The van der Waals surface area contributed by atoms with Crippen molar-refractivity contribution in [3.63, 3.8) is 0 Å². The molecule has 0 fully saturated rings. The smallest absolute Gasteiger partial charge is 0.252 e. The van der Waals surface area contributed by atoms with Gasteiger partial charge in [0, 0.05) is 12.2 Å². The molecule has 0 saturated carbocycles. The fourth-order valence-electron chi connectivity index (χ4n) is 1.02. The van der Waals surface area contributed by atoms with Gasteiger partial charge in [-0.25, -0.2) is 0 Å². The van der Waals surface area contributed by atoms with Crippen molar-refractivity contribution in [3.8, 4) is 0 Å². The van der Waals surface area contributed by atoms with Crippen LogP contribution >= 0.6 is 0 Å². The lowest BCUT2D eigenvalue weighted by Gasteiger charge is -2.07. The van der Waals surface area contributed by atoms with Gasteiger partial charge in [-0.05, 0) is 24.6 Å². The lowest BCUT2D eigenvalue weighted by molar-refractivity contribution is -0.123. The van der Waals surface area contributed by atoms with Crippen LogP contribution < -0.4 is 11.1 Å². The Kier molecular flexibility index (Phi) is 3.62. The minimum absolute atomic E-state index is 0.417. The molecule has 0 bridgehead atoms. The summed E-state index contributed by atoms with van der Waals surface area (Å²) in [6, 6.07) is 7.21. The average Bonchev–Trinajstić information content (AvgIpc) is 2.18. The first kappa shape index (κ1) is 10.7. The SMILES string of the molecule is CC(O)C(=O)Nc1cccc(CN)c1. The number of aliphatic hydroxyl groups is 1. The van der Waals surface area contributed by atoms with Crippen molar-refractivity contribution in [1.82, 2.24) is 0 Å². The molecule has 4 nitrogen and oxygen atoms in total. The second-order valence-corrected chi connectivity index (χ2v) is 3.07. The molecule has 0 saturated heterocycles. The van der Waals surface area contributed by atoms with Crippen LogP contribution in [0.4, 0.5) is 5.69 Å². The molecule has 4 N–H and O–H groups in total. The molecule has 0 radical (unpaired) electrons. The Morgan fingerprint density at radius 2 is 2.36 bits per heavy atom. The predicted octanol–water partition coefficient (Wildman–Crippen LogP) is 0.465. The molecule has 0 aromatic heterocycles. The Labute approximate surface area is 82.7 Å². The maximum atomic E-state index is 11.1. The molecule has 0 heterocycles. The van der Waals surface area contributed by atoms with Crippen LogP contribution in [0.2, 0.25) is 0 Å². The fourth-order valence-corrected chi connectivity index (χ4v) is 1.02. The van der Waals surface area contributed by atoms with E-state index in [0.29, 0.717) is 12.2 Å². The number of carbonyl (C=O) groups excluding carboxylic acids is 1. The number of nitrogens with two attached hydrogens (primary N) is 1. The molecule has 76 valence electrons. The quantitative estimate of drug-likeness (QED) is 0.654. The van der Waals surface area contributed by atoms with Gasteiger partial charge in [-0.1, -0.05) is 12.1 Å². The van der Waals surface area contributed by atoms with Gasteiger partial charge in [-0.2, -0.15) is 0 Å². The van der Waals surface area contributed by atoms with Gasteiger partial charge in [0.1, 0.15) is 6.10 Å². The summed E-state index contributed by atoms with van der Waals surface area (Å²) in [5, 5.41) is 11.5. The van der Waals surface area contributed by atoms with Crippen LogP contribution in [0.25, 0.3) is 0 Å². The maximum Gasteiger partial charge on any atom is 0.252 e. The lowest BCUT2D eigenvalue weighted by atomic mass is 10.2. The van der Waals surface area contributed by atoms with Crippen molar-refractivity contribution in [2.45, 2.75) is 19.6 Å². The zero-order chi connectivity index (χ0) is 10.6. The monoisotopic (exact) mass is 194 g/mol. The van der Waals surface area contributed by atoms with Gasteiger partial charge < -0.3 is 16.2 Å². The molecular formula is C10H14N2O2. The van der Waals surface area contributed by atoms with E-state index in [1.54, 1.807) is 18.2 Å². The van der Waals surface area contributed by atoms with Gasteiger partial charge >= 0.3 is 0 Å². The standard InChI is InChI=1S/C10H14N2O2/c1-7(13)10(14)12-9-4-2-3-8(5-9)6-11/h2-5,7,13H,6,11H2,1H3,(H,12,14). The highest BCUT2D eigenvalue weighted by Crippen LogP contribution is 2.10. The molecule has 4 heteroatoms. The summed E-state index contributed by atoms with van der Waals surface area (Å²) in [7, 11) is 0. The first-order chi connectivity index (χ1) is 6.63. The molecule has 0 aliphatic heterocycles. The summed E-state index contributed by atoms with van der Waals surface area (Å²) in [5.74, 6) is -0.417. The van der Waals surface area contributed by atoms with Crippen molar-refractivity contribution in [2.24, 2.45) is 5.73 Å². The number of hydrogen-bond acceptors (Lipinski definition) is 3. The normalized spacial score (nSPS) is 12.2. The van der Waals surface area contributed by atoms with Crippen LogP contribution in [0.3, 0.4) is 0 Å². The summed E-state index contributed by atoms with van der Waals surface area (Å²) >= 11 is 0. The Hall–Kier alpha value is -1.39. The minimum Gasteiger partial charge on any atom is -0.384 e. The van der Waals surface area contributed by atoms with E-state index in [1.165, 1.54) is 6.92 Å². The van der Waals surface area contributed by atoms with Crippen molar-refractivity contribution in [3.05, 3.63) is 29.8 Å². The van der Waals surface area contributed by atoms with E-state index >= 15 is 0 Å². The Balaban J connectivity index is 2.72. The Morgan fingerprint density at radius 3 is 2.93 bits per heavy atom. The van der Waals surface area contributed by atoms with Crippen LogP contribution in [0.15, 0.2) is 24.3 Å². The zero-order valence-corrected chi connectivity index (χ0v) is 8.03. The molecule has 1 unspecified atom stereocenters. The highest BCUT2D eigenvalue weighted by atomic mass is 16.3. The number of nitrogens with one attached hydrogen (secondary N) is 1. The van der Waals surface area contributed by atoms with Gasteiger partial charge in [0.15, 0.2) is 0 Å². The first-order valence-electron chi connectivity index (χ1n) is 4.41. The number of anilines is 1. The number of aliphatic hydroxyl groups excluding tert-OH is 1. The van der Waals surface area contributed by atoms with E-state index < -0.39 is 12.0 Å². The third kappa shape index (κ3) is 2.83. The van der Waals surface area contributed by atoms with E-state index in [4.69, 9.17) is 10.8 Å². The van der Waals surface area contributed by atoms with Crippen LogP contribution in [-0.4, -0.2) is 17.1 Å². The van der Waals surface area contributed by atoms with Crippen LogP contribution in [0, 0.1) is 0 Å². The van der Waals surface area contributed by atoms with Crippen molar-refractivity contribution in [1.29, 1.82) is 0 Å². The van der Waals surface area contributed by atoms with Gasteiger partial charge in [-0.3, -0.25) is 4.79 Å². The van der Waals surface area contributed by atoms with Gasteiger partial charge in [0.25, 0.3) is 5.91 Å². The molecule has 1 amide bonds. The molecule has 1 aromatic rings. The lowest BCUT2D eigenvalue weighted by Crippen LogP contribution is -2.24. The van der Waals surface area contributed by atoms with Crippen LogP contribution in [0.5, 0.6) is 0 Å². The zero-order valence-electron chi connectivity index (χ0n) is 8.03. The van der Waals surface area contributed by atoms with Crippen LogP contribution in [-0.2, 0) is 11.3 Å². The molecule has 1 rings (SSSR count). The summed E-state index contributed by atoms with van der Waals surface area (Å²) < 4.78 is 0. The largest absolute Gasteiger partial charge is 0.384 e. The van der Waals surface area contributed by atoms with E-state index in [1.807, 2.05) is 6.07 Å². The number of benzene rings is 1. The summed E-state index contributed by atoms with van der Waals surface area (Å²) in [5.41, 5.74) is 7.04. The van der Waals surface area contributed by atoms with E-state index in [9.17, 15) is 4.79 Å². The topological polar surface area (TPSA) is 75.3 Å². The summed E-state index contributed by atoms with van der Waals surface area (Å²) in [4.78, 5) is 11.1. The molecule has 0 aliphatic rings. The number of carbonyl (C=O) groups is 1. The number of rotatable bonds is 3. The highest BCUT2D eigenvalue weighted by molar-refractivity contribution is 5.93. The second-order valence-electron chi connectivity index (χ2n) is 3.07. The second kappa shape index (κ2) is 4.74. The van der Waals surface area contributed by atoms with Crippen molar-refractivity contribution in [2.75, 3.05) is 5.32 Å². The molecule has 0 aliphatic carbocycles. The van der Waals surface area contributed by atoms with E-state index in [0.717, 1.165) is 5.56 Å². The van der Waals surface area contributed by atoms with E-state index in [2.05, 4.69) is 5.32 Å². The molecule has 1 atom stereocenters. The Bertz CT molecular complexity index is 324.